The smallest absolute Gasteiger partial charge is 0.0548 e. The van der Waals surface area contributed by atoms with Gasteiger partial charge in [-0.3, -0.25) is 4.68 Å². The van der Waals surface area contributed by atoms with E-state index in [1.807, 2.05) is 6.20 Å². The minimum absolute atomic E-state index is 1.03. The van der Waals surface area contributed by atoms with Gasteiger partial charge in [-0.2, -0.15) is 5.10 Å². The van der Waals surface area contributed by atoms with E-state index in [1.54, 1.807) is 0 Å². The molecule has 0 unspecified atom stereocenters. The van der Waals surface area contributed by atoms with Gasteiger partial charge < -0.3 is 0 Å². The van der Waals surface area contributed by atoms with Crippen LogP contribution in [-0.4, -0.2) is 19.4 Å². The number of rotatable bonds is 0. The van der Waals surface area contributed by atoms with Gasteiger partial charge in [0.2, 0.25) is 0 Å². The van der Waals surface area contributed by atoms with Crippen LogP contribution in [0.25, 0.3) is 0 Å². The zero-order chi connectivity index (χ0) is 6.97. The van der Waals surface area contributed by atoms with E-state index in [9.17, 15) is 0 Å². The summed E-state index contributed by atoms with van der Waals surface area (Å²) in [6, 6.07) is 2.07. The summed E-state index contributed by atoms with van der Waals surface area (Å²) in [7, 11) is 0. The predicted molar refractivity (Wildman–Crippen MR) is 46.7 cm³/mol. The molecule has 0 aromatic carbocycles. The molecule has 1 aromatic rings. The van der Waals surface area contributed by atoms with Gasteiger partial charge in [-0.05, 0) is 6.07 Å². The van der Waals surface area contributed by atoms with Crippen LogP contribution in [0, 0.1) is 0 Å². The Kier molecular flexibility index (Phi) is 1.65. The van der Waals surface area contributed by atoms with Gasteiger partial charge in [0.25, 0.3) is 0 Å². The molecular weight excluding hydrogens is 241 g/mol. The van der Waals surface area contributed by atoms with Crippen LogP contribution in [0.15, 0.2) is 12.3 Å². The Balaban J connectivity index is 2.30. The molecule has 0 radical (unpaired) electrons. The Morgan fingerprint density at radius 2 is 2.40 bits per heavy atom. The molecular formula is C6H8IN3. The fraction of sp³-hybridized carbons (Fsp3) is 0.500. The SMILES string of the molecule is IN1CCn2nccc2C1. The van der Waals surface area contributed by atoms with Gasteiger partial charge in [0, 0.05) is 35.6 Å². The van der Waals surface area contributed by atoms with Gasteiger partial charge in [-0.25, -0.2) is 3.11 Å². The molecule has 0 N–H and O–H groups in total. The first-order valence-corrected chi connectivity index (χ1v) is 4.24. The van der Waals surface area contributed by atoms with Crippen LogP contribution in [0.3, 0.4) is 0 Å². The van der Waals surface area contributed by atoms with Crippen LogP contribution in [0.1, 0.15) is 5.69 Å². The van der Waals surface area contributed by atoms with Crippen molar-refractivity contribution in [1.29, 1.82) is 0 Å². The summed E-state index contributed by atoms with van der Waals surface area (Å²) < 4.78 is 4.34. The Morgan fingerprint density at radius 1 is 1.50 bits per heavy atom. The summed E-state index contributed by atoms with van der Waals surface area (Å²) in [6.45, 7) is 3.17. The number of nitrogens with zero attached hydrogens (tertiary/aromatic N) is 3. The highest BCUT2D eigenvalue weighted by molar-refractivity contribution is 14.1. The predicted octanol–water partition coefficient (Wildman–Crippen LogP) is 1.05. The monoisotopic (exact) mass is 249 g/mol. The lowest BCUT2D eigenvalue weighted by Crippen LogP contribution is -2.26. The van der Waals surface area contributed by atoms with Crippen molar-refractivity contribution in [2.75, 3.05) is 6.54 Å². The van der Waals surface area contributed by atoms with E-state index in [4.69, 9.17) is 0 Å². The summed E-state index contributed by atoms with van der Waals surface area (Å²) in [5.74, 6) is 0. The third-order valence-electron chi connectivity index (χ3n) is 1.69. The molecule has 1 aliphatic rings. The zero-order valence-electron chi connectivity index (χ0n) is 5.50. The highest BCUT2D eigenvalue weighted by Crippen LogP contribution is 2.13. The maximum atomic E-state index is 4.18. The molecule has 2 rings (SSSR count). The average Bonchev–Trinajstić information content (AvgIpc) is 2.33. The van der Waals surface area contributed by atoms with Gasteiger partial charge in [-0.15, -0.1) is 0 Å². The zero-order valence-corrected chi connectivity index (χ0v) is 7.65. The molecule has 2 heterocycles. The average molecular weight is 249 g/mol. The van der Waals surface area contributed by atoms with Crippen molar-refractivity contribution in [3.63, 3.8) is 0 Å². The normalized spacial score (nSPS) is 18.9. The van der Waals surface area contributed by atoms with E-state index in [0.717, 1.165) is 19.6 Å². The summed E-state index contributed by atoms with van der Waals surface area (Å²) >= 11 is 2.34. The molecule has 0 atom stereocenters. The van der Waals surface area contributed by atoms with E-state index >= 15 is 0 Å². The Hall–Kier alpha value is -0.100. The van der Waals surface area contributed by atoms with Crippen molar-refractivity contribution in [3.8, 4) is 0 Å². The minimum atomic E-state index is 1.03. The largest absolute Gasteiger partial charge is 0.267 e. The second-order valence-electron chi connectivity index (χ2n) is 2.39. The lowest BCUT2D eigenvalue weighted by atomic mass is 10.3. The molecule has 0 saturated heterocycles. The number of aromatic nitrogens is 2. The number of fused-ring (bicyclic) bond motifs is 1. The molecule has 10 heavy (non-hydrogen) atoms. The molecule has 54 valence electrons. The standard InChI is InChI=1S/C6H8IN3/c7-9-3-4-10-6(5-9)1-2-8-10/h1-2H,3-5H2. The molecule has 3 nitrogen and oxygen atoms in total. The maximum Gasteiger partial charge on any atom is 0.0548 e. The van der Waals surface area contributed by atoms with Gasteiger partial charge in [0.1, 0.15) is 0 Å². The molecule has 0 bridgehead atoms. The van der Waals surface area contributed by atoms with Crippen molar-refractivity contribution < 1.29 is 0 Å². The summed E-state index contributed by atoms with van der Waals surface area (Å²) in [5.41, 5.74) is 1.32. The Bertz CT molecular complexity index is 233. The lowest BCUT2D eigenvalue weighted by Gasteiger charge is -2.20. The summed E-state index contributed by atoms with van der Waals surface area (Å²) in [5, 5.41) is 4.18. The van der Waals surface area contributed by atoms with Gasteiger partial charge in [-0.1, -0.05) is 0 Å². The molecule has 1 aliphatic heterocycles. The van der Waals surface area contributed by atoms with Crippen molar-refractivity contribution in [3.05, 3.63) is 18.0 Å². The van der Waals surface area contributed by atoms with Crippen molar-refractivity contribution in [2.24, 2.45) is 0 Å². The summed E-state index contributed by atoms with van der Waals surface area (Å²) in [4.78, 5) is 0. The van der Waals surface area contributed by atoms with E-state index in [1.165, 1.54) is 5.69 Å². The highest BCUT2D eigenvalue weighted by atomic mass is 127. The van der Waals surface area contributed by atoms with E-state index in [2.05, 4.69) is 41.8 Å². The van der Waals surface area contributed by atoms with Crippen LogP contribution in [0.2, 0.25) is 0 Å². The number of hydrogen-bond acceptors (Lipinski definition) is 2. The molecule has 0 aliphatic carbocycles. The first-order chi connectivity index (χ1) is 4.86. The fourth-order valence-electron chi connectivity index (χ4n) is 1.15. The second-order valence-corrected chi connectivity index (χ2v) is 3.75. The molecule has 1 aromatic heterocycles. The number of halogens is 1. The third kappa shape index (κ3) is 1.05. The van der Waals surface area contributed by atoms with E-state index in [-0.39, 0.29) is 0 Å². The Labute approximate surface area is 73.5 Å². The van der Waals surface area contributed by atoms with Crippen LogP contribution in [-0.2, 0) is 13.1 Å². The lowest BCUT2D eigenvalue weighted by molar-refractivity contribution is 0.380. The fourth-order valence-corrected chi connectivity index (χ4v) is 1.72. The van der Waals surface area contributed by atoms with Gasteiger partial charge in [0.05, 0.1) is 18.8 Å². The first-order valence-electron chi connectivity index (χ1n) is 3.28. The van der Waals surface area contributed by atoms with Crippen LogP contribution in [0.4, 0.5) is 0 Å². The maximum absolute atomic E-state index is 4.18. The second kappa shape index (κ2) is 2.50. The van der Waals surface area contributed by atoms with Crippen molar-refractivity contribution >= 4 is 22.9 Å². The first kappa shape index (κ1) is 6.60. The summed E-state index contributed by atoms with van der Waals surface area (Å²) in [6.07, 6.45) is 1.87. The number of hydrogen-bond donors (Lipinski definition) is 0. The molecule has 4 heteroatoms. The minimum Gasteiger partial charge on any atom is -0.267 e. The molecule has 0 amide bonds. The van der Waals surface area contributed by atoms with Crippen molar-refractivity contribution in [1.82, 2.24) is 12.9 Å². The van der Waals surface area contributed by atoms with E-state index < -0.39 is 0 Å². The quantitative estimate of drug-likeness (QED) is 0.506. The van der Waals surface area contributed by atoms with Crippen LogP contribution in [0.5, 0.6) is 0 Å². The molecule has 0 spiro atoms. The molecule has 0 fully saturated rings. The Morgan fingerprint density at radius 3 is 3.30 bits per heavy atom. The topological polar surface area (TPSA) is 21.1 Å². The third-order valence-corrected chi connectivity index (χ3v) is 2.52. The van der Waals surface area contributed by atoms with E-state index in [0.29, 0.717) is 0 Å². The highest BCUT2D eigenvalue weighted by Gasteiger charge is 2.12. The molecule has 0 saturated carbocycles. The van der Waals surface area contributed by atoms with Crippen LogP contribution >= 0.6 is 22.9 Å². The van der Waals surface area contributed by atoms with Crippen LogP contribution < -0.4 is 0 Å². The van der Waals surface area contributed by atoms with Crippen molar-refractivity contribution in [2.45, 2.75) is 13.1 Å². The van der Waals surface area contributed by atoms with Gasteiger partial charge >= 0.3 is 0 Å². The van der Waals surface area contributed by atoms with Gasteiger partial charge in [0.15, 0.2) is 0 Å².